The second-order valence-corrected chi connectivity index (χ2v) is 6.80. The summed E-state index contributed by atoms with van der Waals surface area (Å²) in [5.41, 5.74) is 6.34. The van der Waals surface area contributed by atoms with Gasteiger partial charge in [-0.05, 0) is 31.9 Å². The first-order chi connectivity index (χ1) is 12.3. The topological polar surface area (TPSA) is 125 Å². The standard InChI is InChI=1S/C17H19N3O5S/c1-10-11(2)26-17(15(10)16(18)22)19-14(21)8-5-9-25-13-7-4-3-6-12(13)20(23)24/h3-4,6-7H,5,8-9H2,1-2H3,(H2,18,22)(H,19,21). The molecule has 0 saturated heterocycles. The normalized spacial score (nSPS) is 10.4. The molecule has 0 unspecified atom stereocenters. The number of nitro benzene ring substituents is 1. The van der Waals surface area contributed by atoms with E-state index in [1.54, 1.807) is 19.1 Å². The largest absolute Gasteiger partial charge is 0.487 e. The minimum atomic E-state index is -0.582. The van der Waals surface area contributed by atoms with Crippen molar-refractivity contribution in [3.05, 3.63) is 50.4 Å². The van der Waals surface area contributed by atoms with E-state index in [9.17, 15) is 19.7 Å². The van der Waals surface area contributed by atoms with Crippen LogP contribution in [0.25, 0.3) is 0 Å². The molecule has 0 bridgehead atoms. The molecule has 0 aliphatic heterocycles. The van der Waals surface area contributed by atoms with E-state index < -0.39 is 10.8 Å². The molecule has 138 valence electrons. The van der Waals surface area contributed by atoms with Gasteiger partial charge in [0.1, 0.15) is 5.00 Å². The summed E-state index contributed by atoms with van der Waals surface area (Å²) in [6.07, 6.45) is 0.516. The molecule has 0 fully saturated rings. The number of carbonyl (C=O) groups excluding carboxylic acids is 2. The first-order valence-corrected chi connectivity index (χ1v) is 8.68. The number of amides is 2. The van der Waals surface area contributed by atoms with Crippen LogP contribution in [-0.4, -0.2) is 23.3 Å². The average Bonchev–Trinajstić information content (AvgIpc) is 2.85. The number of hydrogen-bond donors (Lipinski definition) is 2. The maximum Gasteiger partial charge on any atom is 0.310 e. The molecule has 8 nitrogen and oxygen atoms in total. The molecule has 2 amide bonds. The van der Waals surface area contributed by atoms with Gasteiger partial charge in [-0.15, -0.1) is 11.3 Å². The summed E-state index contributed by atoms with van der Waals surface area (Å²) < 4.78 is 5.39. The summed E-state index contributed by atoms with van der Waals surface area (Å²) in [5, 5.41) is 14.0. The van der Waals surface area contributed by atoms with Crippen molar-refractivity contribution in [2.24, 2.45) is 5.73 Å². The predicted octanol–water partition coefficient (Wildman–Crippen LogP) is 3.17. The molecule has 26 heavy (non-hydrogen) atoms. The Balaban J connectivity index is 1.88. The van der Waals surface area contributed by atoms with Crippen LogP contribution < -0.4 is 15.8 Å². The summed E-state index contributed by atoms with van der Waals surface area (Å²) in [7, 11) is 0. The number of thiophene rings is 1. The van der Waals surface area contributed by atoms with Crippen LogP contribution >= 0.6 is 11.3 Å². The van der Waals surface area contributed by atoms with Gasteiger partial charge in [0, 0.05) is 17.4 Å². The zero-order chi connectivity index (χ0) is 19.3. The maximum atomic E-state index is 12.1. The highest BCUT2D eigenvalue weighted by Crippen LogP contribution is 2.32. The van der Waals surface area contributed by atoms with Crippen molar-refractivity contribution in [1.29, 1.82) is 0 Å². The number of carbonyl (C=O) groups is 2. The Bertz CT molecular complexity index is 847. The Labute approximate surface area is 154 Å². The molecule has 2 aromatic rings. The molecule has 0 aliphatic carbocycles. The van der Waals surface area contributed by atoms with Gasteiger partial charge >= 0.3 is 5.69 Å². The number of ether oxygens (including phenoxy) is 1. The monoisotopic (exact) mass is 377 g/mol. The lowest BCUT2D eigenvalue weighted by Crippen LogP contribution is -2.17. The third-order valence-corrected chi connectivity index (χ3v) is 4.88. The lowest BCUT2D eigenvalue weighted by molar-refractivity contribution is -0.385. The van der Waals surface area contributed by atoms with Crippen molar-refractivity contribution in [3.63, 3.8) is 0 Å². The Morgan fingerprint density at radius 3 is 2.65 bits per heavy atom. The molecule has 0 radical (unpaired) electrons. The number of anilines is 1. The number of hydrogen-bond acceptors (Lipinski definition) is 6. The van der Waals surface area contributed by atoms with Crippen LogP contribution in [0.15, 0.2) is 24.3 Å². The molecule has 9 heteroatoms. The summed E-state index contributed by atoms with van der Waals surface area (Å²) in [4.78, 5) is 34.9. The third-order valence-electron chi connectivity index (χ3n) is 3.75. The first-order valence-electron chi connectivity index (χ1n) is 7.87. The highest BCUT2D eigenvalue weighted by Gasteiger charge is 2.19. The van der Waals surface area contributed by atoms with Crippen LogP contribution in [0.3, 0.4) is 0 Å². The molecule has 0 atom stereocenters. The maximum absolute atomic E-state index is 12.1. The molecule has 0 aliphatic rings. The molecule has 1 aromatic heterocycles. The van der Waals surface area contributed by atoms with E-state index in [1.807, 2.05) is 6.92 Å². The van der Waals surface area contributed by atoms with Gasteiger partial charge in [0.05, 0.1) is 17.1 Å². The van der Waals surface area contributed by atoms with Crippen molar-refractivity contribution in [2.45, 2.75) is 26.7 Å². The fourth-order valence-corrected chi connectivity index (χ4v) is 3.43. The molecule has 0 saturated carbocycles. The van der Waals surface area contributed by atoms with Crippen LogP contribution in [0.5, 0.6) is 5.75 Å². The number of para-hydroxylation sites is 2. The van der Waals surface area contributed by atoms with Crippen molar-refractivity contribution in [2.75, 3.05) is 11.9 Å². The number of nitrogens with one attached hydrogen (secondary N) is 1. The van der Waals surface area contributed by atoms with Crippen molar-refractivity contribution >= 4 is 33.8 Å². The predicted molar refractivity (Wildman–Crippen MR) is 98.8 cm³/mol. The molecule has 1 aromatic carbocycles. The highest BCUT2D eigenvalue weighted by molar-refractivity contribution is 7.16. The van der Waals surface area contributed by atoms with E-state index in [1.165, 1.54) is 23.5 Å². The van der Waals surface area contributed by atoms with E-state index in [-0.39, 0.29) is 30.4 Å². The van der Waals surface area contributed by atoms with E-state index in [4.69, 9.17) is 10.5 Å². The lowest BCUT2D eigenvalue weighted by Gasteiger charge is -2.07. The van der Waals surface area contributed by atoms with Crippen LogP contribution in [0.1, 0.15) is 33.6 Å². The second-order valence-electron chi connectivity index (χ2n) is 5.58. The Morgan fingerprint density at radius 2 is 2.00 bits per heavy atom. The molecule has 3 N–H and O–H groups in total. The molecule has 0 spiro atoms. The summed E-state index contributed by atoms with van der Waals surface area (Å²) >= 11 is 1.30. The Hall–Kier alpha value is -2.94. The fourth-order valence-electron chi connectivity index (χ4n) is 2.35. The van der Waals surface area contributed by atoms with Gasteiger partial charge in [-0.3, -0.25) is 19.7 Å². The SMILES string of the molecule is Cc1sc(NC(=O)CCCOc2ccccc2[N+](=O)[O-])c(C(N)=O)c1C. The minimum Gasteiger partial charge on any atom is -0.487 e. The van der Waals surface area contributed by atoms with Crippen molar-refractivity contribution in [3.8, 4) is 5.75 Å². The van der Waals surface area contributed by atoms with E-state index in [2.05, 4.69) is 5.32 Å². The number of nitrogens with zero attached hydrogens (tertiary/aromatic N) is 1. The van der Waals surface area contributed by atoms with Gasteiger partial charge in [0.15, 0.2) is 5.75 Å². The van der Waals surface area contributed by atoms with Gasteiger partial charge in [-0.25, -0.2) is 0 Å². The fraction of sp³-hybridized carbons (Fsp3) is 0.294. The van der Waals surface area contributed by atoms with E-state index in [0.29, 0.717) is 17.0 Å². The van der Waals surface area contributed by atoms with Crippen LogP contribution in [0.4, 0.5) is 10.7 Å². The Morgan fingerprint density at radius 1 is 1.31 bits per heavy atom. The van der Waals surface area contributed by atoms with Crippen molar-refractivity contribution in [1.82, 2.24) is 0 Å². The average molecular weight is 377 g/mol. The summed E-state index contributed by atoms with van der Waals surface area (Å²) in [6, 6.07) is 6.06. The summed E-state index contributed by atoms with van der Waals surface area (Å²) in [5.74, 6) is -0.694. The molecule has 1 heterocycles. The van der Waals surface area contributed by atoms with Crippen LogP contribution in [0.2, 0.25) is 0 Å². The molecular weight excluding hydrogens is 358 g/mol. The number of primary amides is 1. The second kappa shape index (κ2) is 8.43. The first kappa shape index (κ1) is 19.4. The van der Waals surface area contributed by atoms with Gasteiger partial charge in [-0.2, -0.15) is 0 Å². The highest BCUT2D eigenvalue weighted by atomic mass is 32.1. The number of nitro groups is 1. The van der Waals surface area contributed by atoms with Gasteiger partial charge < -0.3 is 15.8 Å². The third kappa shape index (κ3) is 4.57. The summed E-state index contributed by atoms with van der Waals surface area (Å²) in [6.45, 7) is 3.79. The number of benzene rings is 1. The van der Waals surface area contributed by atoms with Gasteiger partial charge in [0.25, 0.3) is 5.91 Å². The zero-order valence-corrected chi connectivity index (χ0v) is 15.2. The lowest BCUT2D eigenvalue weighted by atomic mass is 10.1. The van der Waals surface area contributed by atoms with Crippen LogP contribution in [0, 0.1) is 24.0 Å². The zero-order valence-electron chi connectivity index (χ0n) is 14.4. The smallest absolute Gasteiger partial charge is 0.310 e. The minimum absolute atomic E-state index is 0.118. The molecular formula is C17H19N3O5S. The van der Waals surface area contributed by atoms with Gasteiger partial charge in [-0.1, -0.05) is 12.1 Å². The van der Waals surface area contributed by atoms with E-state index >= 15 is 0 Å². The quantitative estimate of drug-likeness (QED) is 0.415. The number of aryl methyl sites for hydroxylation is 1. The number of nitrogens with two attached hydrogens (primary N) is 1. The molecule has 2 rings (SSSR count). The van der Waals surface area contributed by atoms with E-state index in [0.717, 1.165) is 10.4 Å². The van der Waals surface area contributed by atoms with Gasteiger partial charge in [0.2, 0.25) is 5.91 Å². The van der Waals surface area contributed by atoms with Crippen molar-refractivity contribution < 1.29 is 19.2 Å². The van der Waals surface area contributed by atoms with Crippen LogP contribution in [-0.2, 0) is 4.79 Å². The number of rotatable bonds is 8. The Kier molecular flexibility index (Phi) is 6.29.